The zero-order chi connectivity index (χ0) is 14.4. The molecule has 0 radical (unpaired) electrons. The molecular formula is C16H18ClN3O. The highest BCUT2D eigenvalue weighted by Crippen LogP contribution is 2.26. The SMILES string of the molecule is O=C(N[C@@H]1CC2CCN(C2)C1)c1ccc2cc(Cl)cn2c1. The van der Waals surface area contributed by atoms with Crippen LogP contribution in [0.4, 0.5) is 0 Å². The van der Waals surface area contributed by atoms with E-state index >= 15 is 0 Å². The first-order valence-corrected chi connectivity index (χ1v) is 7.86. The summed E-state index contributed by atoms with van der Waals surface area (Å²) in [5.74, 6) is 0.768. The molecule has 3 atom stereocenters. The molecular weight excluding hydrogens is 286 g/mol. The Morgan fingerprint density at radius 1 is 1.29 bits per heavy atom. The minimum atomic E-state index is 0.00854. The van der Waals surface area contributed by atoms with E-state index in [0.717, 1.165) is 24.4 Å². The molecule has 1 amide bonds. The number of nitrogens with zero attached hydrogens (tertiary/aromatic N) is 2. The Kier molecular flexibility index (Phi) is 3.16. The Morgan fingerprint density at radius 2 is 2.19 bits per heavy atom. The maximum atomic E-state index is 12.4. The monoisotopic (exact) mass is 303 g/mol. The molecule has 2 fully saturated rings. The summed E-state index contributed by atoms with van der Waals surface area (Å²) in [6.07, 6.45) is 6.05. The molecule has 4 nitrogen and oxygen atoms in total. The molecule has 1 N–H and O–H groups in total. The third kappa shape index (κ3) is 2.54. The summed E-state index contributed by atoms with van der Waals surface area (Å²) < 4.78 is 1.89. The van der Waals surface area contributed by atoms with Gasteiger partial charge in [-0.15, -0.1) is 0 Å². The van der Waals surface area contributed by atoms with Gasteiger partial charge in [-0.25, -0.2) is 0 Å². The van der Waals surface area contributed by atoms with Crippen molar-refractivity contribution in [1.29, 1.82) is 0 Å². The van der Waals surface area contributed by atoms with Crippen LogP contribution < -0.4 is 5.32 Å². The summed E-state index contributed by atoms with van der Waals surface area (Å²) in [5, 5.41) is 3.87. The molecule has 2 aromatic rings. The van der Waals surface area contributed by atoms with E-state index in [1.165, 1.54) is 19.5 Å². The molecule has 2 unspecified atom stereocenters. The lowest BCUT2D eigenvalue weighted by molar-refractivity contribution is 0.0909. The average molecular weight is 304 g/mol. The fourth-order valence-electron chi connectivity index (χ4n) is 3.64. The predicted molar refractivity (Wildman–Crippen MR) is 82.8 cm³/mol. The lowest BCUT2D eigenvalue weighted by Crippen LogP contribution is -2.47. The van der Waals surface area contributed by atoms with Gasteiger partial charge in [-0.3, -0.25) is 4.79 Å². The summed E-state index contributed by atoms with van der Waals surface area (Å²) in [7, 11) is 0. The number of halogens is 1. The topological polar surface area (TPSA) is 36.8 Å². The van der Waals surface area contributed by atoms with Gasteiger partial charge in [0, 0.05) is 37.0 Å². The molecule has 0 spiro atoms. The van der Waals surface area contributed by atoms with Crippen molar-refractivity contribution in [3.8, 4) is 0 Å². The average Bonchev–Trinajstić information content (AvgIpc) is 2.99. The Balaban J connectivity index is 1.50. The lowest BCUT2D eigenvalue weighted by Gasteiger charge is -2.30. The van der Waals surface area contributed by atoms with E-state index in [1.54, 1.807) is 0 Å². The molecule has 5 heteroatoms. The van der Waals surface area contributed by atoms with Crippen molar-refractivity contribution < 1.29 is 4.79 Å². The maximum absolute atomic E-state index is 12.4. The van der Waals surface area contributed by atoms with Crippen LogP contribution >= 0.6 is 11.6 Å². The van der Waals surface area contributed by atoms with Crippen molar-refractivity contribution in [2.24, 2.45) is 5.92 Å². The van der Waals surface area contributed by atoms with Gasteiger partial charge in [0.05, 0.1) is 10.6 Å². The zero-order valence-corrected chi connectivity index (χ0v) is 12.5. The summed E-state index contributed by atoms with van der Waals surface area (Å²) in [4.78, 5) is 14.9. The summed E-state index contributed by atoms with van der Waals surface area (Å²) in [6, 6.07) is 5.95. The van der Waals surface area contributed by atoms with Gasteiger partial charge in [0.1, 0.15) is 0 Å². The van der Waals surface area contributed by atoms with Crippen LogP contribution in [0.3, 0.4) is 0 Å². The van der Waals surface area contributed by atoms with Crippen molar-refractivity contribution >= 4 is 23.0 Å². The van der Waals surface area contributed by atoms with Crippen LogP contribution in [0.2, 0.25) is 5.02 Å². The zero-order valence-electron chi connectivity index (χ0n) is 11.8. The van der Waals surface area contributed by atoms with E-state index in [9.17, 15) is 4.79 Å². The van der Waals surface area contributed by atoms with Gasteiger partial charge in [0.2, 0.25) is 0 Å². The van der Waals surface area contributed by atoms with Gasteiger partial charge in [-0.05, 0) is 43.5 Å². The number of piperidine rings is 1. The number of fused-ring (bicyclic) bond motifs is 3. The van der Waals surface area contributed by atoms with Gasteiger partial charge in [0.15, 0.2) is 0 Å². The van der Waals surface area contributed by atoms with E-state index < -0.39 is 0 Å². The largest absolute Gasteiger partial charge is 0.348 e. The molecule has 2 saturated heterocycles. The Morgan fingerprint density at radius 3 is 3.05 bits per heavy atom. The number of carbonyl (C=O) groups excluding carboxylic acids is 1. The van der Waals surface area contributed by atoms with Crippen molar-refractivity contribution in [1.82, 2.24) is 14.6 Å². The number of aromatic nitrogens is 1. The third-order valence-corrected chi connectivity index (χ3v) is 4.83. The number of nitrogens with one attached hydrogen (secondary N) is 1. The number of rotatable bonds is 2. The Bertz CT molecular complexity index is 684. The number of hydrogen-bond donors (Lipinski definition) is 1. The van der Waals surface area contributed by atoms with Crippen LogP contribution in [-0.2, 0) is 0 Å². The van der Waals surface area contributed by atoms with Crippen LogP contribution in [0.5, 0.6) is 0 Å². The highest BCUT2D eigenvalue weighted by Gasteiger charge is 2.32. The number of amides is 1. The molecule has 2 aliphatic heterocycles. The first kappa shape index (κ1) is 13.2. The molecule has 4 rings (SSSR count). The molecule has 110 valence electrons. The van der Waals surface area contributed by atoms with Crippen LogP contribution in [0.1, 0.15) is 23.2 Å². The quantitative estimate of drug-likeness (QED) is 0.925. The third-order valence-electron chi connectivity index (χ3n) is 4.62. The normalized spacial score (nSPS) is 28.0. The maximum Gasteiger partial charge on any atom is 0.253 e. The van der Waals surface area contributed by atoms with Crippen molar-refractivity contribution in [2.45, 2.75) is 18.9 Å². The molecule has 0 aromatic carbocycles. The van der Waals surface area contributed by atoms with Gasteiger partial charge in [-0.1, -0.05) is 11.6 Å². The number of hydrogen-bond acceptors (Lipinski definition) is 2. The van der Waals surface area contributed by atoms with Crippen LogP contribution in [0, 0.1) is 5.92 Å². The first-order chi connectivity index (χ1) is 10.2. The van der Waals surface area contributed by atoms with E-state index in [0.29, 0.717) is 10.6 Å². The van der Waals surface area contributed by atoms with Crippen molar-refractivity contribution in [2.75, 3.05) is 19.6 Å². The van der Waals surface area contributed by atoms with E-state index in [4.69, 9.17) is 11.6 Å². The minimum absolute atomic E-state index is 0.00854. The van der Waals surface area contributed by atoms with Crippen LogP contribution in [0.25, 0.3) is 5.52 Å². The molecule has 4 heterocycles. The fourth-order valence-corrected chi connectivity index (χ4v) is 3.86. The minimum Gasteiger partial charge on any atom is -0.348 e. The summed E-state index contributed by atoms with van der Waals surface area (Å²) >= 11 is 5.98. The first-order valence-electron chi connectivity index (χ1n) is 7.48. The standard InChI is InChI=1S/C16H18ClN3O/c17-13-6-15-2-1-12(8-20(15)9-13)16(21)18-14-5-11-3-4-19(7-11)10-14/h1-2,6,8-9,11,14H,3-5,7,10H2,(H,18,21)/t11?,14-/m1/s1. The second-order valence-electron chi connectivity index (χ2n) is 6.23. The predicted octanol–water partition coefficient (Wildman–Crippen LogP) is 2.42. The molecule has 2 aromatic heterocycles. The van der Waals surface area contributed by atoms with Crippen molar-refractivity contribution in [3.05, 3.63) is 41.2 Å². The van der Waals surface area contributed by atoms with Gasteiger partial charge in [-0.2, -0.15) is 0 Å². The van der Waals surface area contributed by atoms with E-state index in [-0.39, 0.29) is 11.9 Å². The Hall–Kier alpha value is -1.52. The van der Waals surface area contributed by atoms with E-state index in [2.05, 4.69) is 10.2 Å². The highest BCUT2D eigenvalue weighted by molar-refractivity contribution is 6.31. The van der Waals surface area contributed by atoms with Gasteiger partial charge in [0.25, 0.3) is 5.91 Å². The fraction of sp³-hybridized carbons (Fsp3) is 0.438. The molecule has 2 aliphatic rings. The number of pyridine rings is 1. The second-order valence-corrected chi connectivity index (χ2v) is 6.67. The smallest absolute Gasteiger partial charge is 0.253 e. The van der Waals surface area contributed by atoms with Crippen LogP contribution in [0.15, 0.2) is 30.6 Å². The van der Waals surface area contributed by atoms with Crippen molar-refractivity contribution in [3.63, 3.8) is 0 Å². The molecule has 0 aliphatic carbocycles. The molecule has 21 heavy (non-hydrogen) atoms. The number of carbonyl (C=O) groups is 1. The lowest BCUT2D eigenvalue weighted by atomic mass is 9.96. The van der Waals surface area contributed by atoms with E-state index in [1.807, 2.05) is 35.0 Å². The summed E-state index contributed by atoms with van der Waals surface area (Å²) in [5.41, 5.74) is 1.68. The molecule has 2 bridgehead atoms. The van der Waals surface area contributed by atoms with Crippen LogP contribution in [-0.4, -0.2) is 40.9 Å². The van der Waals surface area contributed by atoms with Gasteiger partial charge < -0.3 is 14.6 Å². The summed E-state index contributed by atoms with van der Waals surface area (Å²) in [6.45, 7) is 3.38. The highest BCUT2D eigenvalue weighted by atomic mass is 35.5. The second kappa shape index (κ2) is 5.04. The molecule has 0 saturated carbocycles. The Labute approximate surface area is 128 Å². The van der Waals surface area contributed by atoms with Gasteiger partial charge >= 0.3 is 0 Å².